The van der Waals surface area contributed by atoms with Crippen molar-refractivity contribution in [3.63, 3.8) is 0 Å². The van der Waals surface area contributed by atoms with Crippen LogP contribution in [0.5, 0.6) is 0 Å². The summed E-state index contributed by atoms with van der Waals surface area (Å²) in [6, 6.07) is 19.2. The minimum absolute atomic E-state index is 0.156. The molecule has 0 aliphatic rings. The first kappa shape index (κ1) is 12.8. The first-order valence-corrected chi connectivity index (χ1v) is 6.44. The van der Waals surface area contributed by atoms with Gasteiger partial charge in [-0.3, -0.25) is 0 Å². The van der Waals surface area contributed by atoms with Gasteiger partial charge in [-0.1, -0.05) is 48.5 Å². The molecule has 1 heteroatoms. The second-order valence-corrected chi connectivity index (χ2v) is 5.67. The predicted octanol–water partition coefficient (Wildman–Crippen LogP) is 4.24. The van der Waals surface area contributed by atoms with Gasteiger partial charge in [0.1, 0.15) is 0 Å². The monoisotopic (exact) mass is 239 g/mol. The molecule has 0 bridgehead atoms. The molecule has 94 valence electrons. The van der Waals surface area contributed by atoms with Crippen LogP contribution in [0.15, 0.2) is 54.6 Å². The molecule has 0 saturated carbocycles. The Hall–Kier alpha value is -1.60. The maximum absolute atomic E-state index is 3.52. The molecule has 0 aromatic heterocycles. The second kappa shape index (κ2) is 5.36. The van der Waals surface area contributed by atoms with Gasteiger partial charge in [-0.2, -0.15) is 0 Å². The highest BCUT2D eigenvalue weighted by atomic mass is 14.9. The topological polar surface area (TPSA) is 12.0 Å². The molecule has 2 aromatic carbocycles. The van der Waals surface area contributed by atoms with Gasteiger partial charge >= 0.3 is 0 Å². The predicted molar refractivity (Wildman–Crippen MR) is 78.5 cm³/mol. The molecule has 0 aliphatic heterocycles. The lowest BCUT2D eigenvalue weighted by Crippen LogP contribution is -2.35. The second-order valence-electron chi connectivity index (χ2n) is 5.67. The van der Waals surface area contributed by atoms with Crippen LogP contribution in [0.4, 0.5) is 0 Å². The van der Waals surface area contributed by atoms with Crippen LogP contribution in [0.1, 0.15) is 26.3 Å². The molecule has 0 unspecified atom stereocenters. The van der Waals surface area contributed by atoms with Crippen LogP contribution in [-0.4, -0.2) is 5.54 Å². The number of benzene rings is 2. The Balaban J connectivity index is 2.16. The maximum Gasteiger partial charge on any atom is 0.0210 e. The van der Waals surface area contributed by atoms with E-state index < -0.39 is 0 Å². The van der Waals surface area contributed by atoms with E-state index in [-0.39, 0.29) is 5.54 Å². The van der Waals surface area contributed by atoms with E-state index in [0.717, 1.165) is 6.54 Å². The average molecular weight is 239 g/mol. The van der Waals surface area contributed by atoms with E-state index in [1.807, 2.05) is 0 Å². The Kier molecular flexibility index (Phi) is 3.83. The number of rotatable bonds is 3. The summed E-state index contributed by atoms with van der Waals surface area (Å²) in [6.07, 6.45) is 0. The van der Waals surface area contributed by atoms with Gasteiger partial charge in [-0.15, -0.1) is 0 Å². The van der Waals surface area contributed by atoms with E-state index in [4.69, 9.17) is 0 Å². The van der Waals surface area contributed by atoms with E-state index >= 15 is 0 Å². The van der Waals surface area contributed by atoms with Crippen LogP contribution in [-0.2, 0) is 6.54 Å². The third kappa shape index (κ3) is 3.71. The first-order chi connectivity index (χ1) is 8.54. The molecule has 18 heavy (non-hydrogen) atoms. The minimum atomic E-state index is 0.156. The summed E-state index contributed by atoms with van der Waals surface area (Å²) >= 11 is 0. The molecule has 0 amide bonds. The largest absolute Gasteiger partial charge is 0.308 e. The fourth-order valence-corrected chi connectivity index (χ4v) is 1.86. The van der Waals surface area contributed by atoms with Crippen LogP contribution in [0.3, 0.4) is 0 Å². The molecule has 0 atom stereocenters. The van der Waals surface area contributed by atoms with Gasteiger partial charge in [0.2, 0.25) is 0 Å². The van der Waals surface area contributed by atoms with Crippen LogP contribution >= 0.6 is 0 Å². The Morgan fingerprint density at radius 1 is 0.833 bits per heavy atom. The Labute approximate surface area is 110 Å². The molecule has 1 nitrogen and oxygen atoms in total. The lowest BCUT2D eigenvalue weighted by atomic mass is 10.0. The van der Waals surface area contributed by atoms with Gasteiger partial charge in [0.25, 0.3) is 0 Å². The van der Waals surface area contributed by atoms with Crippen molar-refractivity contribution in [2.24, 2.45) is 0 Å². The fourth-order valence-electron chi connectivity index (χ4n) is 1.86. The molecule has 1 N–H and O–H groups in total. The molecule has 2 aromatic rings. The van der Waals surface area contributed by atoms with Crippen molar-refractivity contribution < 1.29 is 0 Å². The van der Waals surface area contributed by atoms with Gasteiger partial charge in [-0.25, -0.2) is 0 Å². The van der Waals surface area contributed by atoms with Crippen LogP contribution in [0.25, 0.3) is 11.1 Å². The fraction of sp³-hybridized carbons (Fsp3) is 0.294. The van der Waals surface area contributed by atoms with Gasteiger partial charge < -0.3 is 5.32 Å². The van der Waals surface area contributed by atoms with Crippen LogP contribution < -0.4 is 5.32 Å². The van der Waals surface area contributed by atoms with E-state index in [2.05, 4.69) is 80.7 Å². The highest BCUT2D eigenvalue weighted by molar-refractivity contribution is 5.63. The summed E-state index contributed by atoms with van der Waals surface area (Å²) < 4.78 is 0. The SMILES string of the molecule is CC(C)(C)NCc1cccc(-c2ccccc2)c1. The first-order valence-electron chi connectivity index (χ1n) is 6.44. The van der Waals surface area contributed by atoms with Crippen molar-refractivity contribution in [2.45, 2.75) is 32.9 Å². The third-order valence-corrected chi connectivity index (χ3v) is 2.86. The van der Waals surface area contributed by atoms with Gasteiger partial charge in [0, 0.05) is 12.1 Å². The van der Waals surface area contributed by atoms with Crippen molar-refractivity contribution in [1.82, 2.24) is 5.32 Å². The lowest BCUT2D eigenvalue weighted by molar-refractivity contribution is 0.424. The molecule has 0 spiro atoms. The Morgan fingerprint density at radius 2 is 1.50 bits per heavy atom. The zero-order valence-electron chi connectivity index (χ0n) is 11.4. The van der Waals surface area contributed by atoms with Gasteiger partial charge in [0.15, 0.2) is 0 Å². The van der Waals surface area contributed by atoms with Crippen molar-refractivity contribution in [3.05, 3.63) is 60.2 Å². The molecular formula is C17H21N. The lowest BCUT2D eigenvalue weighted by Gasteiger charge is -2.20. The number of nitrogens with one attached hydrogen (secondary N) is 1. The van der Waals surface area contributed by atoms with Crippen molar-refractivity contribution in [1.29, 1.82) is 0 Å². The summed E-state index contributed by atoms with van der Waals surface area (Å²) in [5.74, 6) is 0. The van der Waals surface area contributed by atoms with Crippen LogP contribution in [0, 0.1) is 0 Å². The summed E-state index contributed by atoms with van der Waals surface area (Å²) in [6.45, 7) is 7.47. The molecule has 0 radical (unpaired) electrons. The number of hydrogen-bond donors (Lipinski definition) is 1. The molecule has 2 rings (SSSR count). The normalized spacial score (nSPS) is 11.5. The smallest absolute Gasteiger partial charge is 0.0210 e. The summed E-state index contributed by atoms with van der Waals surface area (Å²) in [5, 5.41) is 3.52. The van der Waals surface area contributed by atoms with Gasteiger partial charge in [-0.05, 0) is 43.5 Å². The Bertz CT molecular complexity index is 495. The minimum Gasteiger partial charge on any atom is -0.308 e. The molecule has 0 saturated heterocycles. The van der Waals surface area contributed by atoms with Gasteiger partial charge in [0.05, 0.1) is 0 Å². The van der Waals surface area contributed by atoms with E-state index in [1.54, 1.807) is 0 Å². The van der Waals surface area contributed by atoms with E-state index in [9.17, 15) is 0 Å². The summed E-state index contributed by atoms with van der Waals surface area (Å²) in [7, 11) is 0. The van der Waals surface area contributed by atoms with Crippen molar-refractivity contribution in [2.75, 3.05) is 0 Å². The summed E-state index contributed by atoms with van der Waals surface area (Å²) in [4.78, 5) is 0. The molecular weight excluding hydrogens is 218 g/mol. The van der Waals surface area contributed by atoms with Crippen LogP contribution in [0.2, 0.25) is 0 Å². The zero-order chi connectivity index (χ0) is 13.0. The standard InChI is InChI=1S/C17H21N/c1-17(2,3)18-13-14-8-7-11-16(12-14)15-9-5-4-6-10-15/h4-12,18H,13H2,1-3H3. The molecule has 0 aliphatic carbocycles. The summed E-state index contributed by atoms with van der Waals surface area (Å²) in [5.41, 5.74) is 4.04. The number of hydrogen-bond acceptors (Lipinski definition) is 1. The third-order valence-electron chi connectivity index (χ3n) is 2.86. The van der Waals surface area contributed by atoms with Crippen molar-refractivity contribution in [3.8, 4) is 11.1 Å². The zero-order valence-corrected chi connectivity index (χ0v) is 11.4. The van der Waals surface area contributed by atoms with E-state index in [1.165, 1.54) is 16.7 Å². The average Bonchev–Trinajstić information content (AvgIpc) is 2.37. The maximum atomic E-state index is 3.52. The molecule has 0 fully saturated rings. The van der Waals surface area contributed by atoms with E-state index in [0.29, 0.717) is 0 Å². The highest BCUT2D eigenvalue weighted by Gasteiger charge is 2.08. The quantitative estimate of drug-likeness (QED) is 0.844. The van der Waals surface area contributed by atoms with Crippen molar-refractivity contribution >= 4 is 0 Å². The Morgan fingerprint density at radius 3 is 2.17 bits per heavy atom. The molecule has 0 heterocycles. The highest BCUT2D eigenvalue weighted by Crippen LogP contribution is 2.20.